The normalized spacial score (nSPS) is 25.5. The van der Waals surface area contributed by atoms with Gasteiger partial charge in [0.25, 0.3) is 0 Å². The number of nitrogens with zero attached hydrogens (tertiary/aromatic N) is 1. The van der Waals surface area contributed by atoms with Crippen LogP contribution in [0.4, 0.5) is 5.69 Å². The molecular formula is C17H23NO3. The highest BCUT2D eigenvalue weighted by Gasteiger charge is 2.40. The SMILES string of the molecule is CCOC(=O)C1CC(C)C(N(C)c2ccccc2)CC1=O. The summed E-state index contributed by atoms with van der Waals surface area (Å²) in [6.07, 6.45) is 0.968. The molecule has 114 valence electrons. The standard InChI is InChI=1S/C17H23NO3/c1-4-21-17(20)14-10-12(2)15(11-16(14)19)18(3)13-8-6-5-7-9-13/h5-9,12,14-15H,4,10-11H2,1-3H3. The van der Waals surface area contributed by atoms with Gasteiger partial charge < -0.3 is 9.64 Å². The molecule has 21 heavy (non-hydrogen) atoms. The summed E-state index contributed by atoms with van der Waals surface area (Å²) in [7, 11) is 2.01. The van der Waals surface area contributed by atoms with E-state index in [0.29, 0.717) is 19.4 Å². The molecule has 2 rings (SSSR count). The average Bonchev–Trinajstić information content (AvgIpc) is 2.49. The molecule has 0 spiro atoms. The lowest BCUT2D eigenvalue weighted by Crippen LogP contribution is -2.46. The fourth-order valence-corrected chi connectivity index (χ4v) is 3.05. The van der Waals surface area contributed by atoms with Gasteiger partial charge in [-0.3, -0.25) is 9.59 Å². The van der Waals surface area contributed by atoms with Crippen molar-refractivity contribution in [2.24, 2.45) is 11.8 Å². The molecule has 0 heterocycles. The Labute approximate surface area is 126 Å². The molecule has 1 aromatic rings. The lowest BCUT2D eigenvalue weighted by Gasteiger charge is -2.39. The summed E-state index contributed by atoms with van der Waals surface area (Å²) in [4.78, 5) is 26.3. The van der Waals surface area contributed by atoms with E-state index in [9.17, 15) is 9.59 Å². The van der Waals surface area contributed by atoms with Crippen LogP contribution in [0.3, 0.4) is 0 Å². The van der Waals surface area contributed by atoms with Gasteiger partial charge in [0.05, 0.1) is 6.61 Å². The molecule has 1 saturated carbocycles. The second-order valence-corrected chi connectivity index (χ2v) is 5.70. The lowest BCUT2D eigenvalue weighted by atomic mass is 9.77. The molecule has 0 bridgehead atoms. The van der Waals surface area contributed by atoms with E-state index < -0.39 is 5.92 Å². The van der Waals surface area contributed by atoms with Crippen LogP contribution in [-0.4, -0.2) is 31.4 Å². The molecule has 4 heteroatoms. The Morgan fingerprint density at radius 1 is 1.33 bits per heavy atom. The zero-order valence-corrected chi connectivity index (χ0v) is 12.9. The zero-order chi connectivity index (χ0) is 15.4. The number of carbonyl (C=O) groups excluding carboxylic acids is 2. The van der Waals surface area contributed by atoms with Crippen molar-refractivity contribution in [3.63, 3.8) is 0 Å². The van der Waals surface area contributed by atoms with Crippen LogP contribution in [0.15, 0.2) is 30.3 Å². The number of esters is 1. The van der Waals surface area contributed by atoms with E-state index in [-0.39, 0.29) is 23.7 Å². The molecule has 1 aliphatic rings. The van der Waals surface area contributed by atoms with E-state index in [4.69, 9.17) is 4.74 Å². The van der Waals surface area contributed by atoms with E-state index >= 15 is 0 Å². The van der Waals surface area contributed by atoms with Crippen LogP contribution in [0.25, 0.3) is 0 Å². The predicted octanol–water partition coefficient (Wildman–Crippen LogP) is 2.67. The Balaban J connectivity index is 2.08. The number of hydrogen-bond acceptors (Lipinski definition) is 4. The summed E-state index contributed by atoms with van der Waals surface area (Å²) >= 11 is 0. The summed E-state index contributed by atoms with van der Waals surface area (Å²) in [5.41, 5.74) is 1.09. The molecule has 0 aliphatic heterocycles. The van der Waals surface area contributed by atoms with Gasteiger partial charge >= 0.3 is 5.97 Å². The third kappa shape index (κ3) is 3.43. The number of Topliss-reactive ketones (excluding diaryl/α,β-unsaturated/α-hetero) is 1. The van der Waals surface area contributed by atoms with E-state index in [1.165, 1.54) is 0 Å². The topological polar surface area (TPSA) is 46.6 Å². The molecule has 1 aliphatic carbocycles. The number of ether oxygens (including phenoxy) is 1. The third-order valence-corrected chi connectivity index (χ3v) is 4.30. The minimum absolute atomic E-state index is 0.000619. The summed E-state index contributed by atoms with van der Waals surface area (Å²) in [6.45, 7) is 4.19. The fourth-order valence-electron chi connectivity index (χ4n) is 3.05. The summed E-state index contributed by atoms with van der Waals surface area (Å²) in [5, 5.41) is 0. The number of benzene rings is 1. The quantitative estimate of drug-likeness (QED) is 0.631. The minimum Gasteiger partial charge on any atom is -0.465 e. The molecule has 0 N–H and O–H groups in total. The maximum atomic E-state index is 12.3. The molecule has 1 fully saturated rings. The van der Waals surface area contributed by atoms with E-state index in [0.717, 1.165) is 5.69 Å². The molecule has 0 saturated heterocycles. The first-order valence-corrected chi connectivity index (χ1v) is 7.51. The van der Waals surface area contributed by atoms with Gasteiger partial charge in [0.15, 0.2) is 0 Å². The van der Waals surface area contributed by atoms with Gasteiger partial charge in [-0.05, 0) is 31.4 Å². The van der Waals surface area contributed by atoms with Crippen LogP contribution in [0, 0.1) is 11.8 Å². The third-order valence-electron chi connectivity index (χ3n) is 4.30. The first-order chi connectivity index (χ1) is 10.0. The van der Waals surface area contributed by atoms with E-state index in [1.807, 2.05) is 37.4 Å². The lowest BCUT2D eigenvalue weighted by molar-refractivity contribution is -0.153. The Kier molecular flexibility index (Phi) is 4.99. The Bertz CT molecular complexity index is 500. The van der Waals surface area contributed by atoms with E-state index in [1.54, 1.807) is 6.92 Å². The highest BCUT2D eigenvalue weighted by atomic mass is 16.5. The highest BCUT2D eigenvalue weighted by Crippen LogP contribution is 2.32. The van der Waals surface area contributed by atoms with Gasteiger partial charge in [-0.15, -0.1) is 0 Å². The van der Waals surface area contributed by atoms with Crippen LogP contribution in [-0.2, 0) is 14.3 Å². The zero-order valence-electron chi connectivity index (χ0n) is 12.9. The number of hydrogen-bond donors (Lipinski definition) is 0. The molecule has 0 amide bonds. The molecule has 0 aromatic heterocycles. The summed E-state index contributed by atoms with van der Waals surface area (Å²) in [5.74, 6) is -0.683. The van der Waals surface area contributed by atoms with E-state index in [2.05, 4.69) is 11.8 Å². The maximum Gasteiger partial charge on any atom is 0.316 e. The summed E-state index contributed by atoms with van der Waals surface area (Å²) in [6, 6.07) is 10.2. The first-order valence-electron chi connectivity index (χ1n) is 7.51. The van der Waals surface area contributed by atoms with Gasteiger partial charge in [0.2, 0.25) is 0 Å². The maximum absolute atomic E-state index is 12.3. The molecule has 1 aromatic carbocycles. The first kappa shape index (κ1) is 15.5. The Morgan fingerprint density at radius 2 is 2.00 bits per heavy atom. The van der Waals surface area contributed by atoms with Gasteiger partial charge in [-0.2, -0.15) is 0 Å². The van der Waals surface area contributed by atoms with Crippen molar-refractivity contribution in [2.45, 2.75) is 32.7 Å². The van der Waals surface area contributed by atoms with Crippen molar-refractivity contribution in [1.29, 1.82) is 0 Å². The molecule has 4 nitrogen and oxygen atoms in total. The van der Waals surface area contributed by atoms with Gasteiger partial charge in [0, 0.05) is 25.2 Å². The van der Waals surface area contributed by atoms with Gasteiger partial charge in [-0.1, -0.05) is 25.1 Å². The number of para-hydroxylation sites is 1. The van der Waals surface area contributed by atoms with Crippen molar-refractivity contribution in [3.8, 4) is 0 Å². The predicted molar refractivity (Wildman–Crippen MR) is 82.2 cm³/mol. The molecule has 3 unspecified atom stereocenters. The smallest absolute Gasteiger partial charge is 0.316 e. The minimum atomic E-state index is -0.583. The number of ketones is 1. The van der Waals surface area contributed by atoms with Crippen LogP contribution < -0.4 is 4.90 Å². The van der Waals surface area contributed by atoms with Crippen molar-refractivity contribution < 1.29 is 14.3 Å². The highest BCUT2D eigenvalue weighted by molar-refractivity contribution is 6.00. The van der Waals surface area contributed by atoms with Crippen molar-refractivity contribution in [1.82, 2.24) is 0 Å². The van der Waals surface area contributed by atoms with Crippen LogP contribution in [0.1, 0.15) is 26.7 Å². The van der Waals surface area contributed by atoms with Crippen molar-refractivity contribution >= 4 is 17.4 Å². The van der Waals surface area contributed by atoms with Gasteiger partial charge in [0.1, 0.15) is 11.7 Å². The van der Waals surface area contributed by atoms with Crippen LogP contribution in [0.5, 0.6) is 0 Å². The van der Waals surface area contributed by atoms with Crippen molar-refractivity contribution in [2.75, 3.05) is 18.6 Å². The second-order valence-electron chi connectivity index (χ2n) is 5.70. The molecule has 0 radical (unpaired) electrons. The van der Waals surface area contributed by atoms with Crippen molar-refractivity contribution in [3.05, 3.63) is 30.3 Å². The average molecular weight is 289 g/mol. The summed E-state index contributed by atoms with van der Waals surface area (Å²) < 4.78 is 5.01. The molecular weight excluding hydrogens is 266 g/mol. The van der Waals surface area contributed by atoms with Gasteiger partial charge in [-0.25, -0.2) is 0 Å². The number of rotatable bonds is 4. The largest absolute Gasteiger partial charge is 0.465 e. The van der Waals surface area contributed by atoms with Crippen LogP contribution >= 0.6 is 0 Å². The second kappa shape index (κ2) is 6.74. The molecule has 3 atom stereocenters. The monoisotopic (exact) mass is 289 g/mol. The number of anilines is 1. The van der Waals surface area contributed by atoms with Crippen LogP contribution in [0.2, 0.25) is 0 Å². The fraction of sp³-hybridized carbons (Fsp3) is 0.529. The Morgan fingerprint density at radius 3 is 2.62 bits per heavy atom. The Hall–Kier alpha value is -1.84. The number of carbonyl (C=O) groups is 2.